The van der Waals surface area contributed by atoms with Crippen molar-refractivity contribution in [2.45, 2.75) is 32.2 Å². The predicted octanol–water partition coefficient (Wildman–Crippen LogP) is 0.150. The molecule has 0 aromatic heterocycles. The Balaban J connectivity index is 2.40. The third-order valence-corrected chi connectivity index (χ3v) is 2.86. The third kappa shape index (κ3) is 3.81. The number of amides is 1. The number of ether oxygens (including phenoxy) is 1. The van der Waals surface area contributed by atoms with Crippen molar-refractivity contribution in [2.75, 3.05) is 26.7 Å². The number of nitrogens with zero attached hydrogens (tertiary/aromatic N) is 1. The molecule has 16 heavy (non-hydrogen) atoms. The van der Waals surface area contributed by atoms with Gasteiger partial charge in [0.05, 0.1) is 7.11 Å². The molecule has 1 aliphatic heterocycles. The number of rotatable bonds is 4. The number of likely N-dealkylation sites (tertiary alicyclic amines) is 1. The van der Waals surface area contributed by atoms with Gasteiger partial charge >= 0.3 is 5.97 Å². The van der Waals surface area contributed by atoms with Crippen LogP contribution in [-0.2, 0) is 14.3 Å². The minimum Gasteiger partial charge on any atom is -0.468 e. The van der Waals surface area contributed by atoms with E-state index in [1.165, 1.54) is 14.0 Å². The molecule has 1 rings (SSSR count). The molecule has 92 valence electrons. The highest BCUT2D eigenvalue weighted by Crippen LogP contribution is 2.17. The summed E-state index contributed by atoms with van der Waals surface area (Å²) < 4.78 is 4.78. The van der Waals surface area contributed by atoms with Crippen LogP contribution in [0.25, 0.3) is 0 Å². The molecule has 0 aromatic rings. The summed E-state index contributed by atoms with van der Waals surface area (Å²) in [6, 6.07) is -0.132. The van der Waals surface area contributed by atoms with Gasteiger partial charge in [0.25, 0.3) is 0 Å². The number of nitrogens with one attached hydrogen (secondary N) is 1. The number of piperidine rings is 1. The standard InChI is InChI=1S/C11H20N2O3/c1-9(14)12-6-8-13-7-4-3-5-10(13)11(15)16-2/h10H,3-8H2,1-2H3,(H,12,14)/t10-/m1/s1. The van der Waals surface area contributed by atoms with E-state index in [0.29, 0.717) is 13.1 Å². The smallest absolute Gasteiger partial charge is 0.323 e. The highest BCUT2D eigenvalue weighted by atomic mass is 16.5. The summed E-state index contributed by atoms with van der Waals surface area (Å²) in [4.78, 5) is 24.3. The second kappa shape index (κ2) is 6.48. The van der Waals surface area contributed by atoms with Crippen molar-refractivity contribution in [2.24, 2.45) is 0 Å². The topological polar surface area (TPSA) is 58.6 Å². The van der Waals surface area contributed by atoms with Gasteiger partial charge in [-0.1, -0.05) is 6.42 Å². The molecule has 0 aliphatic carbocycles. The molecule has 0 spiro atoms. The molecule has 1 amide bonds. The van der Waals surface area contributed by atoms with E-state index in [1.807, 2.05) is 0 Å². The monoisotopic (exact) mass is 228 g/mol. The van der Waals surface area contributed by atoms with Gasteiger partial charge in [-0.15, -0.1) is 0 Å². The highest BCUT2D eigenvalue weighted by Gasteiger charge is 2.28. The molecular formula is C11H20N2O3. The molecule has 0 aromatic carbocycles. The second-order valence-electron chi connectivity index (χ2n) is 4.05. The van der Waals surface area contributed by atoms with E-state index in [4.69, 9.17) is 4.74 Å². The van der Waals surface area contributed by atoms with Crippen molar-refractivity contribution in [3.63, 3.8) is 0 Å². The minimum atomic E-state index is -0.164. The maximum absolute atomic E-state index is 11.5. The lowest BCUT2D eigenvalue weighted by atomic mass is 10.0. The third-order valence-electron chi connectivity index (χ3n) is 2.86. The fraction of sp³-hybridized carbons (Fsp3) is 0.818. The molecule has 0 unspecified atom stereocenters. The Labute approximate surface area is 96.1 Å². The number of carbonyl (C=O) groups excluding carboxylic acids is 2. The fourth-order valence-electron chi connectivity index (χ4n) is 2.04. The quantitative estimate of drug-likeness (QED) is 0.696. The Hall–Kier alpha value is -1.10. The maximum Gasteiger partial charge on any atom is 0.323 e. The van der Waals surface area contributed by atoms with Crippen molar-refractivity contribution in [3.8, 4) is 0 Å². The molecule has 1 N–H and O–H groups in total. The normalized spacial score (nSPS) is 21.5. The predicted molar refractivity (Wildman–Crippen MR) is 59.9 cm³/mol. The lowest BCUT2D eigenvalue weighted by Crippen LogP contribution is -2.47. The lowest BCUT2D eigenvalue weighted by Gasteiger charge is -2.33. The van der Waals surface area contributed by atoms with Crippen LogP contribution in [0.4, 0.5) is 0 Å². The van der Waals surface area contributed by atoms with E-state index < -0.39 is 0 Å². The van der Waals surface area contributed by atoms with Crippen LogP contribution in [-0.4, -0.2) is 49.6 Å². The molecule has 1 saturated heterocycles. The molecule has 1 aliphatic rings. The summed E-state index contributed by atoms with van der Waals surface area (Å²) in [6.45, 7) is 3.69. The Bertz CT molecular complexity index is 256. The Morgan fingerprint density at radius 1 is 1.44 bits per heavy atom. The van der Waals surface area contributed by atoms with Gasteiger partial charge in [0, 0.05) is 20.0 Å². The van der Waals surface area contributed by atoms with Gasteiger partial charge in [-0.25, -0.2) is 0 Å². The van der Waals surface area contributed by atoms with Gasteiger partial charge in [-0.05, 0) is 19.4 Å². The average Bonchev–Trinajstić information content (AvgIpc) is 2.28. The van der Waals surface area contributed by atoms with Gasteiger partial charge in [0.1, 0.15) is 6.04 Å². The molecule has 5 nitrogen and oxygen atoms in total. The summed E-state index contributed by atoms with van der Waals surface area (Å²) in [6.07, 6.45) is 3.02. The van der Waals surface area contributed by atoms with Crippen molar-refractivity contribution in [1.29, 1.82) is 0 Å². The highest BCUT2D eigenvalue weighted by molar-refractivity contribution is 5.75. The van der Waals surface area contributed by atoms with Crippen LogP contribution in [0.5, 0.6) is 0 Å². The van der Waals surface area contributed by atoms with Crippen LogP contribution in [0.1, 0.15) is 26.2 Å². The van der Waals surface area contributed by atoms with E-state index in [2.05, 4.69) is 10.2 Å². The van der Waals surface area contributed by atoms with E-state index in [1.54, 1.807) is 0 Å². The number of hydrogen-bond donors (Lipinski definition) is 1. The molecular weight excluding hydrogens is 208 g/mol. The first-order valence-corrected chi connectivity index (χ1v) is 5.71. The van der Waals surface area contributed by atoms with Crippen LogP contribution in [0, 0.1) is 0 Å². The summed E-state index contributed by atoms with van der Waals surface area (Å²) in [5, 5.41) is 2.74. The average molecular weight is 228 g/mol. The van der Waals surface area contributed by atoms with Crippen molar-refractivity contribution >= 4 is 11.9 Å². The summed E-state index contributed by atoms with van der Waals surface area (Å²) in [5.74, 6) is -0.200. The van der Waals surface area contributed by atoms with Gasteiger partial charge < -0.3 is 10.1 Å². The van der Waals surface area contributed by atoms with Crippen molar-refractivity contribution in [1.82, 2.24) is 10.2 Å². The zero-order valence-electron chi connectivity index (χ0n) is 9.99. The first kappa shape index (κ1) is 13.0. The molecule has 0 bridgehead atoms. The second-order valence-corrected chi connectivity index (χ2v) is 4.05. The van der Waals surface area contributed by atoms with Crippen LogP contribution in [0.2, 0.25) is 0 Å². The number of hydrogen-bond acceptors (Lipinski definition) is 4. The van der Waals surface area contributed by atoms with Crippen molar-refractivity contribution in [3.05, 3.63) is 0 Å². The first-order chi connectivity index (χ1) is 7.65. The SMILES string of the molecule is COC(=O)[C@H]1CCCCN1CCNC(C)=O. The van der Waals surface area contributed by atoms with Crippen LogP contribution in [0.15, 0.2) is 0 Å². The fourth-order valence-corrected chi connectivity index (χ4v) is 2.04. The largest absolute Gasteiger partial charge is 0.468 e. The van der Waals surface area contributed by atoms with E-state index >= 15 is 0 Å². The summed E-state index contributed by atoms with van der Waals surface area (Å²) in [7, 11) is 1.42. The molecule has 1 fully saturated rings. The zero-order valence-corrected chi connectivity index (χ0v) is 9.99. The lowest BCUT2D eigenvalue weighted by molar-refractivity contribution is -0.148. The van der Waals surface area contributed by atoms with Gasteiger partial charge in [-0.3, -0.25) is 14.5 Å². The number of esters is 1. The Morgan fingerprint density at radius 2 is 2.19 bits per heavy atom. The maximum atomic E-state index is 11.5. The minimum absolute atomic E-state index is 0.0355. The van der Waals surface area contributed by atoms with Gasteiger partial charge in [0.2, 0.25) is 5.91 Å². The molecule has 0 radical (unpaired) electrons. The van der Waals surface area contributed by atoms with Crippen LogP contribution in [0.3, 0.4) is 0 Å². The van der Waals surface area contributed by atoms with E-state index in [-0.39, 0.29) is 17.9 Å². The first-order valence-electron chi connectivity index (χ1n) is 5.71. The van der Waals surface area contributed by atoms with E-state index in [9.17, 15) is 9.59 Å². The van der Waals surface area contributed by atoms with Gasteiger partial charge in [-0.2, -0.15) is 0 Å². The Morgan fingerprint density at radius 3 is 2.81 bits per heavy atom. The van der Waals surface area contributed by atoms with Crippen molar-refractivity contribution < 1.29 is 14.3 Å². The molecule has 1 heterocycles. The van der Waals surface area contributed by atoms with E-state index in [0.717, 1.165) is 25.8 Å². The zero-order chi connectivity index (χ0) is 12.0. The van der Waals surface area contributed by atoms with Crippen LogP contribution >= 0.6 is 0 Å². The molecule has 0 saturated carbocycles. The van der Waals surface area contributed by atoms with Gasteiger partial charge in [0.15, 0.2) is 0 Å². The number of methoxy groups -OCH3 is 1. The summed E-state index contributed by atoms with van der Waals surface area (Å²) >= 11 is 0. The molecule has 1 atom stereocenters. The Kier molecular flexibility index (Phi) is 5.25. The molecule has 5 heteroatoms. The van der Waals surface area contributed by atoms with Crippen LogP contribution < -0.4 is 5.32 Å². The summed E-state index contributed by atoms with van der Waals surface area (Å²) in [5.41, 5.74) is 0. The number of carbonyl (C=O) groups is 2.